The molecule has 2 heteroatoms. The molecule has 0 radical (unpaired) electrons. The number of hydrogen-bond donors (Lipinski definition) is 1. The molecule has 0 aromatic rings. The molecule has 0 aromatic heterocycles. The fourth-order valence-corrected chi connectivity index (χ4v) is 3.54. The summed E-state index contributed by atoms with van der Waals surface area (Å²) >= 11 is 0. The Morgan fingerprint density at radius 3 is 2.53 bits per heavy atom. The molecule has 4 unspecified atom stereocenters. The molecule has 0 aromatic carbocycles. The lowest BCUT2D eigenvalue weighted by Crippen LogP contribution is -2.48. The maximum absolute atomic E-state index is 6.19. The van der Waals surface area contributed by atoms with E-state index in [9.17, 15) is 0 Å². The van der Waals surface area contributed by atoms with E-state index >= 15 is 0 Å². The Labute approximate surface area is 107 Å². The fourth-order valence-electron chi connectivity index (χ4n) is 3.54. The molecule has 0 aliphatic heterocycles. The predicted molar refractivity (Wildman–Crippen MR) is 72.1 cm³/mol. The lowest BCUT2D eigenvalue weighted by molar-refractivity contribution is -0.0427. The molecule has 2 saturated carbocycles. The van der Waals surface area contributed by atoms with E-state index in [1.807, 2.05) is 0 Å². The van der Waals surface area contributed by atoms with Crippen LogP contribution < -0.4 is 5.32 Å². The van der Waals surface area contributed by atoms with Crippen molar-refractivity contribution in [2.75, 3.05) is 13.7 Å². The smallest absolute Gasteiger partial charge is 0.0753 e. The summed E-state index contributed by atoms with van der Waals surface area (Å²) in [6.07, 6.45) is 8.65. The summed E-state index contributed by atoms with van der Waals surface area (Å²) < 4.78 is 6.19. The van der Waals surface area contributed by atoms with Gasteiger partial charge in [0.05, 0.1) is 6.10 Å². The van der Waals surface area contributed by atoms with Crippen LogP contribution in [0.15, 0.2) is 0 Å². The quantitative estimate of drug-likeness (QED) is 0.795. The first-order valence-corrected chi connectivity index (χ1v) is 7.49. The van der Waals surface area contributed by atoms with E-state index in [1.54, 1.807) is 0 Å². The molecule has 2 aliphatic carbocycles. The van der Waals surface area contributed by atoms with Gasteiger partial charge in [-0.3, -0.25) is 0 Å². The molecular formula is C15H29NO. The van der Waals surface area contributed by atoms with Gasteiger partial charge >= 0.3 is 0 Å². The highest BCUT2D eigenvalue weighted by molar-refractivity contribution is 4.88. The van der Waals surface area contributed by atoms with Crippen molar-refractivity contribution < 1.29 is 4.74 Å². The first-order chi connectivity index (χ1) is 8.20. The summed E-state index contributed by atoms with van der Waals surface area (Å²) in [5.41, 5.74) is 0. The number of ether oxygens (including phenoxy) is 1. The standard InChI is InChI=1S/C15H29NO/c1-11-9-12(2)15(14(10-11)16-3)17-8-7-13-5-4-6-13/h11-16H,4-10H2,1-3H3. The highest BCUT2D eigenvalue weighted by atomic mass is 16.5. The highest BCUT2D eigenvalue weighted by Gasteiger charge is 2.33. The molecule has 0 heterocycles. The van der Waals surface area contributed by atoms with Crippen molar-refractivity contribution in [3.8, 4) is 0 Å². The van der Waals surface area contributed by atoms with Crippen molar-refractivity contribution in [1.82, 2.24) is 5.32 Å². The Kier molecular flexibility index (Phi) is 4.87. The molecule has 2 rings (SSSR count). The van der Waals surface area contributed by atoms with Crippen molar-refractivity contribution >= 4 is 0 Å². The van der Waals surface area contributed by atoms with Gasteiger partial charge in [0.2, 0.25) is 0 Å². The van der Waals surface area contributed by atoms with Gasteiger partial charge in [-0.1, -0.05) is 33.1 Å². The van der Waals surface area contributed by atoms with E-state index < -0.39 is 0 Å². The van der Waals surface area contributed by atoms with Crippen LogP contribution in [0, 0.1) is 17.8 Å². The minimum atomic E-state index is 0.441. The molecule has 17 heavy (non-hydrogen) atoms. The lowest BCUT2D eigenvalue weighted by Gasteiger charge is -2.39. The summed E-state index contributed by atoms with van der Waals surface area (Å²) in [5.74, 6) is 2.52. The Morgan fingerprint density at radius 2 is 1.94 bits per heavy atom. The topological polar surface area (TPSA) is 21.3 Å². The van der Waals surface area contributed by atoms with Crippen molar-refractivity contribution in [3.05, 3.63) is 0 Å². The van der Waals surface area contributed by atoms with Crippen molar-refractivity contribution in [1.29, 1.82) is 0 Å². The minimum absolute atomic E-state index is 0.441. The van der Waals surface area contributed by atoms with E-state index in [0.717, 1.165) is 18.4 Å². The molecule has 100 valence electrons. The van der Waals surface area contributed by atoms with E-state index in [2.05, 4.69) is 26.2 Å². The van der Waals surface area contributed by atoms with Gasteiger partial charge in [-0.15, -0.1) is 0 Å². The molecular weight excluding hydrogens is 210 g/mol. The van der Waals surface area contributed by atoms with Gasteiger partial charge in [-0.2, -0.15) is 0 Å². The molecule has 2 aliphatic rings. The zero-order valence-corrected chi connectivity index (χ0v) is 11.7. The molecule has 0 spiro atoms. The van der Waals surface area contributed by atoms with Crippen LogP contribution >= 0.6 is 0 Å². The maximum atomic E-state index is 6.19. The normalized spacial score (nSPS) is 39.0. The van der Waals surface area contributed by atoms with Crippen LogP contribution in [0.3, 0.4) is 0 Å². The number of hydrogen-bond acceptors (Lipinski definition) is 2. The van der Waals surface area contributed by atoms with Gasteiger partial charge in [0.25, 0.3) is 0 Å². The Hall–Kier alpha value is -0.0800. The maximum Gasteiger partial charge on any atom is 0.0753 e. The SMILES string of the molecule is CNC1CC(C)CC(C)C1OCCC1CCC1. The molecule has 2 nitrogen and oxygen atoms in total. The van der Waals surface area contributed by atoms with E-state index in [1.165, 1.54) is 38.5 Å². The van der Waals surface area contributed by atoms with Crippen molar-refractivity contribution in [2.24, 2.45) is 17.8 Å². The summed E-state index contributed by atoms with van der Waals surface area (Å²) in [6, 6.07) is 0.565. The third-order valence-corrected chi connectivity index (χ3v) is 4.82. The first kappa shape index (κ1) is 13.4. The summed E-state index contributed by atoms with van der Waals surface area (Å²) in [4.78, 5) is 0. The van der Waals surface area contributed by atoms with Gasteiger partial charge in [0.1, 0.15) is 0 Å². The summed E-state index contributed by atoms with van der Waals surface area (Å²) in [6.45, 7) is 5.70. The number of rotatable bonds is 5. The Balaban J connectivity index is 1.75. The average molecular weight is 239 g/mol. The van der Waals surface area contributed by atoms with E-state index in [4.69, 9.17) is 4.74 Å². The van der Waals surface area contributed by atoms with Crippen molar-refractivity contribution in [3.63, 3.8) is 0 Å². The summed E-state index contributed by atoms with van der Waals surface area (Å²) in [5, 5.41) is 3.46. The second-order valence-electron chi connectivity index (χ2n) is 6.37. The Morgan fingerprint density at radius 1 is 1.18 bits per heavy atom. The van der Waals surface area contributed by atoms with Gasteiger partial charge < -0.3 is 10.1 Å². The van der Waals surface area contributed by atoms with Crippen LogP contribution in [0.25, 0.3) is 0 Å². The zero-order chi connectivity index (χ0) is 12.3. The molecule has 0 amide bonds. The minimum Gasteiger partial charge on any atom is -0.376 e. The molecule has 2 fully saturated rings. The molecule has 4 atom stereocenters. The fraction of sp³-hybridized carbons (Fsp3) is 1.00. The van der Waals surface area contributed by atoms with Crippen molar-refractivity contribution in [2.45, 2.75) is 64.5 Å². The van der Waals surface area contributed by atoms with Gasteiger partial charge in [0, 0.05) is 12.6 Å². The van der Waals surface area contributed by atoms with Crippen LogP contribution in [0.2, 0.25) is 0 Å². The second kappa shape index (κ2) is 6.19. The zero-order valence-electron chi connectivity index (χ0n) is 11.7. The molecule has 0 bridgehead atoms. The average Bonchev–Trinajstić information content (AvgIpc) is 2.23. The predicted octanol–water partition coefficient (Wildman–Crippen LogP) is 3.22. The molecule has 1 N–H and O–H groups in total. The lowest BCUT2D eigenvalue weighted by atomic mass is 9.78. The van der Waals surface area contributed by atoms with Gasteiger partial charge in [-0.05, 0) is 44.1 Å². The highest BCUT2D eigenvalue weighted by Crippen LogP contribution is 2.33. The van der Waals surface area contributed by atoms with Crippen LogP contribution in [-0.2, 0) is 4.74 Å². The van der Waals surface area contributed by atoms with Crippen LogP contribution in [0.1, 0.15) is 52.4 Å². The molecule has 0 saturated heterocycles. The van der Waals surface area contributed by atoms with Crippen LogP contribution in [0.5, 0.6) is 0 Å². The van der Waals surface area contributed by atoms with Crippen LogP contribution in [0.4, 0.5) is 0 Å². The van der Waals surface area contributed by atoms with Crippen LogP contribution in [-0.4, -0.2) is 25.8 Å². The monoisotopic (exact) mass is 239 g/mol. The third-order valence-electron chi connectivity index (χ3n) is 4.82. The second-order valence-corrected chi connectivity index (χ2v) is 6.37. The third kappa shape index (κ3) is 3.45. The first-order valence-electron chi connectivity index (χ1n) is 7.49. The number of likely N-dealkylation sites (N-methyl/N-ethyl adjacent to an activating group) is 1. The largest absolute Gasteiger partial charge is 0.376 e. The Bertz CT molecular complexity index is 227. The number of nitrogens with one attached hydrogen (secondary N) is 1. The van der Waals surface area contributed by atoms with Gasteiger partial charge in [0.15, 0.2) is 0 Å². The summed E-state index contributed by atoms with van der Waals surface area (Å²) in [7, 11) is 2.08. The van der Waals surface area contributed by atoms with Gasteiger partial charge in [-0.25, -0.2) is 0 Å². The van der Waals surface area contributed by atoms with E-state index in [-0.39, 0.29) is 0 Å². The van der Waals surface area contributed by atoms with E-state index in [0.29, 0.717) is 18.1 Å².